The summed E-state index contributed by atoms with van der Waals surface area (Å²) in [4.78, 5) is 39.4. The van der Waals surface area contributed by atoms with Crippen molar-refractivity contribution in [3.8, 4) is 22.8 Å². The number of nitrogens with zero attached hydrogens (tertiary/aromatic N) is 3. The van der Waals surface area contributed by atoms with Gasteiger partial charge in [-0.2, -0.15) is 31.4 Å². The number of ether oxygens (including phenoxy) is 2. The highest BCUT2D eigenvalue weighted by Gasteiger charge is 2.38. The molecule has 0 bridgehead atoms. The molecule has 1 aliphatic rings. The summed E-state index contributed by atoms with van der Waals surface area (Å²) in [6.07, 6.45) is -9.69. The van der Waals surface area contributed by atoms with Gasteiger partial charge in [0.15, 0.2) is 0 Å². The third-order valence-corrected chi connectivity index (χ3v) is 8.09. The standard InChI is InChI=1S/C33H35F3N6O4.C2HF3O2/c1-4-41-11-13-42(14-12-41)20-22-5-8-24(18-28(22)33(34,35)36)37-31(43)23-15-25(17-27(16-23)46-3)38-32(44)30-19-29(39-40-30)21-6-9-26(45-2)10-7-21;3-2(4,5)1(6)7/h5-10,15-19H,4,11-14,20H2,1-3H3,(H,37,43)(H,38,44)(H,39,40);(H,6,7). The minimum absolute atomic E-state index is 0.00574. The lowest BCUT2D eigenvalue weighted by Crippen LogP contribution is -2.45. The van der Waals surface area contributed by atoms with Gasteiger partial charge >= 0.3 is 18.3 Å². The first-order valence-corrected chi connectivity index (χ1v) is 16.0. The van der Waals surface area contributed by atoms with E-state index in [2.05, 4.69) is 32.7 Å². The fourth-order valence-corrected chi connectivity index (χ4v) is 5.23. The molecule has 4 N–H and O–H groups in total. The highest BCUT2D eigenvalue weighted by atomic mass is 19.4. The molecule has 0 atom stereocenters. The highest BCUT2D eigenvalue weighted by molar-refractivity contribution is 6.07. The number of aromatic amines is 1. The number of amides is 2. The summed E-state index contributed by atoms with van der Waals surface area (Å²) < 4.78 is 84.5. The van der Waals surface area contributed by atoms with Crippen LogP contribution < -0.4 is 20.1 Å². The topological polar surface area (TPSA) is 149 Å². The summed E-state index contributed by atoms with van der Waals surface area (Å²) in [6, 6.07) is 16.9. The van der Waals surface area contributed by atoms with Crippen LogP contribution in [0.25, 0.3) is 11.3 Å². The Labute approximate surface area is 299 Å². The zero-order valence-corrected chi connectivity index (χ0v) is 28.7. The molecule has 2 amide bonds. The summed E-state index contributed by atoms with van der Waals surface area (Å²) in [5, 5.41) is 19.3. The van der Waals surface area contributed by atoms with Crippen LogP contribution in [0.5, 0.6) is 11.5 Å². The van der Waals surface area contributed by atoms with E-state index in [9.17, 15) is 35.9 Å². The van der Waals surface area contributed by atoms with E-state index in [1.807, 2.05) is 17.0 Å². The van der Waals surface area contributed by atoms with Gasteiger partial charge in [-0.15, -0.1) is 0 Å². The highest BCUT2D eigenvalue weighted by Crippen LogP contribution is 2.35. The molecule has 0 saturated carbocycles. The Balaban J connectivity index is 0.000000815. The predicted molar refractivity (Wildman–Crippen MR) is 182 cm³/mol. The second kappa shape index (κ2) is 17.3. The first kappa shape index (κ1) is 40.2. The largest absolute Gasteiger partial charge is 0.497 e. The summed E-state index contributed by atoms with van der Waals surface area (Å²) in [6.45, 7) is 6.12. The summed E-state index contributed by atoms with van der Waals surface area (Å²) in [5.74, 6) is -3.00. The summed E-state index contributed by atoms with van der Waals surface area (Å²) in [7, 11) is 2.96. The van der Waals surface area contributed by atoms with E-state index in [-0.39, 0.29) is 40.5 Å². The Morgan fingerprint density at radius 2 is 1.40 bits per heavy atom. The molecule has 53 heavy (non-hydrogen) atoms. The summed E-state index contributed by atoms with van der Waals surface area (Å²) >= 11 is 0. The molecule has 1 saturated heterocycles. The number of hydrogen-bond donors (Lipinski definition) is 4. The van der Waals surface area contributed by atoms with Gasteiger partial charge in [0.05, 0.1) is 25.5 Å². The molecule has 0 aliphatic carbocycles. The number of nitrogens with one attached hydrogen (secondary N) is 3. The Morgan fingerprint density at radius 3 is 1.96 bits per heavy atom. The van der Waals surface area contributed by atoms with Crippen molar-refractivity contribution in [2.75, 3.05) is 57.6 Å². The van der Waals surface area contributed by atoms with Crippen molar-refractivity contribution in [1.82, 2.24) is 20.0 Å². The number of carboxylic acids is 1. The lowest BCUT2D eigenvalue weighted by molar-refractivity contribution is -0.192. The predicted octanol–water partition coefficient (Wildman–Crippen LogP) is 6.39. The van der Waals surface area contributed by atoms with Crippen LogP contribution in [0.2, 0.25) is 0 Å². The van der Waals surface area contributed by atoms with Crippen LogP contribution >= 0.6 is 0 Å². The second-order valence-corrected chi connectivity index (χ2v) is 11.6. The number of rotatable bonds is 10. The number of carboxylic acid groups (broad SMARTS) is 1. The zero-order valence-electron chi connectivity index (χ0n) is 28.7. The molecule has 2 heterocycles. The van der Waals surface area contributed by atoms with Crippen molar-refractivity contribution in [3.05, 3.63) is 89.1 Å². The van der Waals surface area contributed by atoms with Crippen molar-refractivity contribution in [1.29, 1.82) is 0 Å². The lowest BCUT2D eigenvalue weighted by atomic mass is 10.0. The van der Waals surface area contributed by atoms with Gasteiger partial charge in [-0.25, -0.2) is 4.79 Å². The van der Waals surface area contributed by atoms with E-state index >= 15 is 0 Å². The molecule has 284 valence electrons. The Hall–Kier alpha value is -5.62. The number of aliphatic carboxylic acids is 1. The number of likely N-dealkylation sites (N-methyl/N-ethyl adjacent to an activating group) is 1. The molecule has 0 unspecified atom stereocenters. The van der Waals surface area contributed by atoms with E-state index in [1.54, 1.807) is 25.3 Å². The molecular weight excluding hydrogens is 714 g/mol. The normalized spacial score (nSPS) is 13.8. The Kier molecular flexibility index (Phi) is 13.1. The number of hydrogen-bond acceptors (Lipinski definition) is 8. The molecule has 5 rings (SSSR count). The van der Waals surface area contributed by atoms with E-state index in [4.69, 9.17) is 19.4 Å². The number of aromatic nitrogens is 2. The van der Waals surface area contributed by atoms with E-state index < -0.39 is 35.7 Å². The third-order valence-electron chi connectivity index (χ3n) is 8.09. The number of methoxy groups -OCH3 is 2. The van der Waals surface area contributed by atoms with Crippen molar-refractivity contribution >= 4 is 29.2 Å². The SMILES string of the molecule is CCN1CCN(Cc2ccc(NC(=O)c3cc(NC(=O)c4cc(-c5ccc(OC)cc5)n[nH]4)cc(OC)c3)cc2C(F)(F)F)CC1.O=C(O)C(F)(F)F. The number of halogens is 6. The Bertz CT molecular complexity index is 1890. The van der Waals surface area contributed by atoms with Crippen LogP contribution in [0.3, 0.4) is 0 Å². The van der Waals surface area contributed by atoms with Crippen LogP contribution in [0, 0.1) is 0 Å². The van der Waals surface area contributed by atoms with Crippen molar-refractivity contribution < 1.29 is 55.3 Å². The number of carbonyl (C=O) groups is 3. The van der Waals surface area contributed by atoms with Gasteiger partial charge < -0.3 is 30.1 Å². The van der Waals surface area contributed by atoms with Gasteiger partial charge in [-0.3, -0.25) is 19.6 Å². The number of alkyl halides is 6. The first-order valence-electron chi connectivity index (χ1n) is 16.0. The van der Waals surface area contributed by atoms with Crippen molar-refractivity contribution in [2.24, 2.45) is 0 Å². The van der Waals surface area contributed by atoms with Crippen LogP contribution in [-0.2, 0) is 17.5 Å². The second-order valence-electron chi connectivity index (χ2n) is 11.6. The minimum atomic E-state index is -5.08. The average molecular weight is 751 g/mol. The number of H-pyrrole nitrogens is 1. The van der Waals surface area contributed by atoms with Crippen molar-refractivity contribution in [3.63, 3.8) is 0 Å². The van der Waals surface area contributed by atoms with E-state index in [1.165, 1.54) is 37.4 Å². The number of anilines is 2. The van der Waals surface area contributed by atoms with E-state index in [0.717, 1.165) is 31.3 Å². The van der Waals surface area contributed by atoms with Gasteiger partial charge in [0.25, 0.3) is 11.8 Å². The smallest absolute Gasteiger partial charge is 0.490 e. The average Bonchev–Trinajstić information content (AvgIpc) is 3.63. The molecule has 18 heteroatoms. The van der Waals surface area contributed by atoms with Gasteiger partial charge in [-0.05, 0) is 66.7 Å². The summed E-state index contributed by atoms with van der Waals surface area (Å²) in [5.41, 5.74) is 1.15. The molecule has 0 radical (unpaired) electrons. The quantitative estimate of drug-likeness (QED) is 0.135. The number of piperazine rings is 1. The molecule has 0 spiro atoms. The van der Waals surface area contributed by atoms with Crippen LogP contribution in [0.15, 0.2) is 66.7 Å². The lowest BCUT2D eigenvalue weighted by Gasteiger charge is -2.34. The van der Waals surface area contributed by atoms with Crippen LogP contribution in [0.1, 0.15) is 38.9 Å². The zero-order chi connectivity index (χ0) is 38.9. The molecule has 12 nitrogen and oxygen atoms in total. The van der Waals surface area contributed by atoms with Gasteiger partial charge in [0, 0.05) is 61.3 Å². The van der Waals surface area contributed by atoms with Crippen molar-refractivity contribution in [2.45, 2.75) is 25.8 Å². The first-order chi connectivity index (χ1) is 25.0. The molecular formula is C35H36F6N6O6. The van der Waals surface area contributed by atoms with Gasteiger partial charge in [-0.1, -0.05) is 13.0 Å². The Morgan fingerprint density at radius 1 is 0.792 bits per heavy atom. The molecule has 1 fully saturated rings. The van der Waals surface area contributed by atoms with Crippen LogP contribution in [0.4, 0.5) is 37.7 Å². The van der Waals surface area contributed by atoms with Gasteiger partial charge in [0.1, 0.15) is 17.2 Å². The third kappa shape index (κ3) is 11.2. The molecule has 1 aromatic heterocycles. The fourth-order valence-electron chi connectivity index (χ4n) is 5.23. The molecule has 3 aromatic carbocycles. The monoisotopic (exact) mass is 750 g/mol. The fraction of sp³-hybridized carbons (Fsp3) is 0.314. The molecule has 1 aliphatic heterocycles. The number of carbonyl (C=O) groups excluding carboxylic acids is 2. The molecule has 4 aromatic rings. The maximum atomic E-state index is 14.1. The maximum absolute atomic E-state index is 14.1. The number of benzene rings is 3. The van der Waals surface area contributed by atoms with E-state index in [0.29, 0.717) is 24.5 Å². The maximum Gasteiger partial charge on any atom is 0.490 e. The van der Waals surface area contributed by atoms with Gasteiger partial charge in [0.2, 0.25) is 0 Å². The minimum Gasteiger partial charge on any atom is -0.497 e. The van der Waals surface area contributed by atoms with Crippen LogP contribution in [-0.4, -0.2) is 96.0 Å².